The van der Waals surface area contributed by atoms with Crippen LogP contribution in [0.3, 0.4) is 0 Å². The highest BCUT2D eigenvalue weighted by Gasteiger charge is 2.13. The van der Waals surface area contributed by atoms with Crippen LogP contribution in [-0.4, -0.2) is 41.6 Å². The molecule has 0 aromatic carbocycles. The fourth-order valence-corrected chi connectivity index (χ4v) is 0.878. The Morgan fingerprint density at radius 3 is 2.27 bits per heavy atom. The lowest BCUT2D eigenvalue weighted by atomic mass is 10.1. The Hall–Kier alpha value is -1.26. The smallest absolute Gasteiger partial charge is 0.317 e. The van der Waals surface area contributed by atoms with E-state index in [9.17, 15) is 9.59 Å². The number of hydrogen-bond acceptors (Lipinski definition) is 2. The van der Waals surface area contributed by atoms with E-state index in [-0.39, 0.29) is 12.1 Å². The Morgan fingerprint density at radius 2 is 1.87 bits per heavy atom. The molecule has 2 amide bonds. The lowest BCUT2D eigenvalue weighted by Crippen LogP contribution is -2.41. The van der Waals surface area contributed by atoms with Crippen molar-refractivity contribution in [3.63, 3.8) is 0 Å². The molecular weight excluding hydrogens is 196 g/mol. The predicted octanol–water partition coefficient (Wildman–Crippen LogP) is 1.15. The zero-order valence-electron chi connectivity index (χ0n) is 9.78. The minimum atomic E-state index is -0.832. The topological polar surface area (TPSA) is 69.6 Å². The van der Waals surface area contributed by atoms with E-state index in [1.165, 1.54) is 0 Å². The number of carbonyl (C=O) groups is 2. The van der Waals surface area contributed by atoms with Gasteiger partial charge in [-0.05, 0) is 20.3 Å². The van der Waals surface area contributed by atoms with Gasteiger partial charge >= 0.3 is 12.0 Å². The average molecular weight is 216 g/mol. The number of carbonyl (C=O) groups excluding carboxylic acids is 1. The fraction of sp³-hybridized carbons (Fsp3) is 0.800. The van der Waals surface area contributed by atoms with Gasteiger partial charge in [-0.3, -0.25) is 4.79 Å². The van der Waals surface area contributed by atoms with Crippen LogP contribution in [0.4, 0.5) is 4.79 Å². The molecule has 0 aliphatic heterocycles. The lowest BCUT2D eigenvalue weighted by molar-refractivity contribution is -0.141. The molecule has 5 nitrogen and oxygen atoms in total. The first-order valence-corrected chi connectivity index (χ1v) is 5.09. The summed E-state index contributed by atoms with van der Waals surface area (Å²) in [4.78, 5) is 23.5. The Morgan fingerprint density at radius 1 is 1.33 bits per heavy atom. The highest BCUT2D eigenvalue weighted by atomic mass is 16.4. The molecule has 0 aliphatic rings. The van der Waals surface area contributed by atoms with Gasteiger partial charge in [0.15, 0.2) is 0 Å². The van der Waals surface area contributed by atoms with Crippen molar-refractivity contribution in [1.82, 2.24) is 10.2 Å². The number of aliphatic carboxylic acids is 1. The maximum Gasteiger partial charge on any atom is 0.317 e. The second kappa shape index (κ2) is 6.27. The molecule has 2 N–H and O–H groups in total. The molecule has 0 spiro atoms. The Bertz CT molecular complexity index is 229. The zero-order chi connectivity index (χ0) is 12.0. The fourth-order valence-electron chi connectivity index (χ4n) is 0.878. The van der Waals surface area contributed by atoms with Gasteiger partial charge in [-0.25, -0.2) is 4.79 Å². The molecule has 5 heteroatoms. The summed E-state index contributed by atoms with van der Waals surface area (Å²) in [5, 5.41) is 11.3. The molecule has 0 aromatic heterocycles. The number of nitrogens with zero attached hydrogens (tertiary/aromatic N) is 1. The van der Waals surface area contributed by atoms with Gasteiger partial charge < -0.3 is 15.3 Å². The Kier molecular flexibility index (Phi) is 5.74. The summed E-state index contributed by atoms with van der Waals surface area (Å²) in [5.41, 5.74) is 0. The van der Waals surface area contributed by atoms with Crippen LogP contribution in [0.15, 0.2) is 0 Å². The van der Waals surface area contributed by atoms with Gasteiger partial charge in [0.1, 0.15) is 0 Å². The van der Waals surface area contributed by atoms with Crippen molar-refractivity contribution in [2.75, 3.05) is 13.6 Å². The second-order valence-corrected chi connectivity index (χ2v) is 3.96. The van der Waals surface area contributed by atoms with E-state index in [4.69, 9.17) is 5.11 Å². The minimum Gasteiger partial charge on any atom is -0.481 e. The summed E-state index contributed by atoms with van der Waals surface area (Å²) >= 11 is 0. The van der Waals surface area contributed by atoms with Crippen LogP contribution in [0, 0.1) is 5.92 Å². The van der Waals surface area contributed by atoms with Crippen LogP contribution < -0.4 is 5.32 Å². The van der Waals surface area contributed by atoms with Crippen LogP contribution in [0.25, 0.3) is 0 Å². The average Bonchev–Trinajstić information content (AvgIpc) is 2.15. The Labute approximate surface area is 90.5 Å². The zero-order valence-corrected chi connectivity index (χ0v) is 9.78. The van der Waals surface area contributed by atoms with Crippen molar-refractivity contribution < 1.29 is 14.7 Å². The van der Waals surface area contributed by atoms with Gasteiger partial charge in [-0.1, -0.05) is 6.92 Å². The van der Waals surface area contributed by atoms with Crippen molar-refractivity contribution in [2.24, 2.45) is 5.92 Å². The first kappa shape index (κ1) is 13.7. The van der Waals surface area contributed by atoms with E-state index in [1.807, 2.05) is 13.8 Å². The van der Waals surface area contributed by atoms with Crippen LogP contribution in [0.1, 0.15) is 27.2 Å². The van der Waals surface area contributed by atoms with Crippen LogP contribution >= 0.6 is 0 Å². The number of carboxylic acid groups (broad SMARTS) is 1. The van der Waals surface area contributed by atoms with E-state index in [0.717, 1.165) is 0 Å². The maximum absolute atomic E-state index is 11.4. The molecule has 1 atom stereocenters. The van der Waals surface area contributed by atoms with E-state index in [0.29, 0.717) is 13.0 Å². The van der Waals surface area contributed by atoms with Crippen molar-refractivity contribution in [3.05, 3.63) is 0 Å². The van der Waals surface area contributed by atoms with Crippen LogP contribution in [-0.2, 0) is 4.79 Å². The molecule has 0 aromatic rings. The molecule has 0 fully saturated rings. The number of rotatable bonds is 5. The van der Waals surface area contributed by atoms with Gasteiger partial charge in [0.25, 0.3) is 0 Å². The molecule has 0 saturated heterocycles. The highest BCUT2D eigenvalue weighted by Crippen LogP contribution is 2.00. The third kappa shape index (κ3) is 5.24. The molecule has 0 radical (unpaired) electrons. The van der Waals surface area contributed by atoms with E-state index in [1.54, 1.807) is 18.9 Å². The summed E-state index contributed by atoms with van der Waals surface area (Å²) < 4.78 is 0. The van der Waals surface area contributed by atoms with Crippen molar-refractivity contribution in [1.29, 1.82) is 0 Å². The molecular formula is C10H20N2O3. The summed E-state index contributed by atoms with van der Waals surface area (Å²) in [5.74, 6) is -1.25. The van der Waals surface area contributed by atoms with Crippen molar-refractivity contribution >= 4 is 12.0 Å². The Balaban J connectivity index is 3.78. The number of amides is 2. The highest BCUT2D eigenvalue weighted by molar-refractivity contribution is 5.74. The number of urea groups is 1. The summed E-state index contributed by atoms with van der Waals surface area (Å²) in [6.07, 6.45) is 0.451. The predicted molar refractivity (Wildman–Crippen MR) is 57.7 cm³/mol. The molecule has 1 unspecified atom stereocenters. The standard InChI is InChI=1S/C10H20N2O3/c1-7(2)12(4)10(15)11-6-5-8(3)9(13)14/h7-8H,5-6H2,1-4H3,(H,11,15)(H,13,14). The van der Waals surface area contributed by atoms with E-state index < -0.39 is 11.9 Å². The largest absolute Gasteiger partial charge is 0.481 e. The van der Waals surface area contributed by atoms with Gasteiger partial charge in [0.05, 0.1) is 5.92 Å². The van der Waals surface area contributed by atoms with E-state index in [2.05, 4.69) is 5.32 Å². The molecule has 0 rings (SSSR count). The second-order valence-electron chi connectivity index (χ2n) is 3.96. The van der Waals surface area contributed by atoms with Crippen LogP contribution in [0.2, 0.25) is 0 Å². The minimum absolute atomic E-state index is 0.141. The first-order chi connectivity index (χ1) is 6.86. The molecule has 0 heterocycles. The van der Waals surface area contributed by atoms with E-state index >= 15 is 0 Å². The SMILES string of the molecule is CC(CCNC(=O)N(C)C(C)C)C(=O)O. The third-order valence-electron chi connectivity index (χ3n) is 2.37. The number of nitrogens with one attached hydrogen (secondary N) is 1. The summed E-state index contributed by atoms with van der Waals surface area (Å²) in [7, 11) is 1.71. The van der Waals surface area contributed by atoms with Crippen molar-refractivity contribution in [3.8, 4) is 0 Å². The molecule has 88 valence electrons. The summed E-state index contributed by atoms with van der Waals surface area (Å²) in [6, 6.07) is -0.0236. The maximum atomic E-state index is 11.4. The first-order valence-electron chi connectivity index (χ1n) is 5.09. The quantitative estimate of drug-likeness (QED) is 0.724. The van der Waals surface area contributed by atoms with Crippen molar-refractivity contribution in [2.45, 2.75) is 33.2 Å². The molecule has 0 bridgehead atoms. The lowest BCUT2D eigenvalue weighted by Gasteiger charge is -2.22. The summed E-state index contributed by atoms with van der Waals surface area (Å²) in [6.45, 7) is 5.85. The number of hydrogen-bond donors (Lipinski definition) is 2. The van der Waals surface area contributed by atoms with Gasteiger partial charge in [-0.15, -0.1) is 0 Å². The molecule has 0 aliphatic carbocycles. The molecule has 0 saturated carbocycles. The monoisotopic (exact) mass is 216 g/mol. The molecule has 15 heavy (non-hydrogen) atoms. The van der Waals surface area contributed by atoms with Gasteiger partial charge in [0, 0.05) is 19.6 Å². The van der Waals surface area contributed by atoms with Gasteiger partial charge in [0.2, 0.25) is 0 Å². The third-order valence-corrected chi connectivity index (χ3v) is 2.37. The van der Waals surface area contributed by atoms with Gasteiger partial charge in [-0.2, -0.15) is 0 Å². The normalized spacial score (nSPS) is 12.3. The number of carboxylic acids is 1. The van der Waals surface area contributed by atoms with Crippen LogP contribution in [0.5, 0.6) is 0 Å².